The van der Waals surface area contributed by atoms with Crippen LogP contribution in [-0.2, 0) is 5.60 Å². The summed E-state index contributed by atoms with van der Waals surface area (Å²) in [7, 11) is 0. The highest BCUT2D eigenvalue weighted by Crippen LogP contribution is 2.46. The summed E-state index contributed by atoms with van der Waals surface area (Å²) in [4.78, 5) is 0. The van der Waals surface area contributed by atoms with Crippen LogP contribution in [0.2, 0.25) is 0 Å². The molecule has 0 aromatic heterocycles. The van der Waals surface area contributed by atoms with Crippen LogP contribution < -0.4 is 0 Å². The molecule has 1 nitrogen and oxygen atoms in total. The number of rotatable bonds is 1. The molecule has 1 saturated carbocycles. The maximum Gasteiger partial charge on any atom is 0.391 e. The van der Waals surface area contributed by atoms with Crippen molar-refractivity contribution < 1.29 is 18.3 Å². The van der Waals surface area contributed by atoms with Gasteiger partial charge in [0.25, 0.3) is 0 Å². The molecule has 1 aliphatic rings. The topological polar surface area (TPSA) is 20.2 Å². The van der Waals surface area contributed by atoms with E-state index < -0.39 is 17.7 Å². The monoisotopic (exact) mass is 294 g/mol. The fraction of sp³-hybridized carbons (Fsp3) is 0.412. The smallest absolute Gasteiger partial charge is 0.385 e. The molecule has 21 heavy (non-hydrogen) atoms. The molecule has 0 spiro atoms. The Kier molecular flexibility index (Phi) is 3.44. The second-order valence-electron chi connectivity index (χ2n) is 5.87. The van der Waals surface area contributed by atoms with Crippen molar-refractivity contribution in [2.24, 2.45) is 5.92 Å². The fourth-order valence-corrected chi connectivity index (χ4v) is 3.32. The molecule has 1 aliphatic carbocycles. The lowest BCUT2D eigenvalue weighted by molar-refractivity contribution is -0.193. The summed E-state index contributed by atoms with van der Waals surface area (Å²) >= 11 is 0. The summed E-state index contributed by atoms with van der Waals surface area (Å²) < 4.78 is 38.3. The molecule has 0 amide bonds. The average molecular weight is 294 g/mol. The maximum absolute atomic E-state index is 12.8. The highest BCUT2D eigenvalue weighted by Gasteiger charge is 2.46. The van der Waals surface area contributed by atoms with Gasteiger partial charge in [-0.2, -0.15) is 13.2 Å². The molecule has 0 atom stereocenters. The van der Waals surface area contributed by atoms with Gasteiger partial charge in [-0.15, -0.1) is 0 Å². The lowest BCUT2D eigenvalue weighted by Gasteiger charge is -2.37. The Morgan fingerprint density at radius 3 is 2.24 bits per heavy atom. The van der Waals surface area contributed by atoms with Crippen LogP contribution in [0.1, 0.15) is 31.2 Å². The summed E-state index contributed by atoms with van der Waals surface area (Å²) in [6.45, 7) is 0. The zero-order chi connectivity index (χ0) is 15.1. The molecule has 4 heteroatoms. The van der Waals surface area contributed by atoms with Gasteiger partial charge >= 0.3 is 6.18 Å². The minimum absolute atomic E-state index is 0.0107. The van der Waals surface area contributed by atoms with E-state index in [9.17, 15) is 18.3 Å². The van der Waals surface area contributed by atoms with E-state index in [-0.39, 0.29) is 25.7 Å². The molecule has 2 aromatic rings. The number of fused-ring (bicyclic) bond motifs is 1. The number of benzene rings is 2. The summed E-state index contributed by atoms with van der Waals surface area (Å²) in [5.74, 6) is -1.28. The molecule has 0 saturated heterocycles. The maximum atomic E-state index is 12.8. The Hall–Kier alpha value is -1.55. The molecule has 0 radical (unpaired) electrons. The van der Waals surface area contributed by atoms with Crippen LogP contribution in [0.3, 0.4) is 0 Å². The van der Waals surface area contributed by atoms with Gasteiger partial charge in [0, 0.05) is 0 Å². The van der Waals surface area contributed by atoms with Gasteiger partial charge in [-0.1, -0.05) is 42.5 Å². The fourth-order valence-electron chi connectivity index (χ4n) is 3.32. The molecule has 0 unspecified atom stereocenters. The molecule has 2 aromatic carbocycles. The van der Waals surface area contributed by atoms with Crippen LogP contribution in [0, 0.1) is 5.92 Å². The van der Waals surface area contributed by atoms with Crippen molar-refractivity contribution in [2.75, 3.05) is 0 Å². The van der Waals surface area contributed by atoms with Crippen molar-refractivity contribution in [3.63, 3.8) is 0 Å². The highest BCUT2D eigenvalue weighted by atomic mass is 19.4. The predicted molar refractivity (Wildman–Crippen MR) is 75.9 cm³/mol. The van der Waals surface area contributed by atoms with E-state index >= 15 is 0 Å². The Balaban J connectivity index is 1.93. The first kappa shape index (κ1) is 14.4. The number of hydrogen-bond donors (Lipinski definition) is 1. The average Bonchev–Trinajstić information content (AvgIpc) is 2.46. The minimum atomic E-state index is -4.15. The van der Waals surface area contributed by atoms with Gasteiger partial charge in [0.15, 0.2) is 0 Å². The van der Waals surface area contributed by atoms with Gasteiger partial charge in [-0.25, -0.2) is 0 Å². The van der Waals surface area contributed by atoms with Crippen LogP contribution >= 0.6 is 0 Å². The molecule has 0 aliphatic heterocycles. The Morgan fingerprint density at radius 2 is 1.57 bits per heavy atom. The summed E-state index contributed by atoms with van der Waals surface area (Å²) in [6, 6.07) is 13.3. The van der Waals surface area contributed by atoms with E-state index in [0.29, 0.717) is 0 Å². The normalized spacial score (nSPS) is 27.0. The van der Waals surface area contributed by atoms with Gasteiger partial charge < -0.3 is 5.11 Å². The number of halogens is 3. The molecule has 112 valence electrons. The van der Waals surface area contributed by atoms with Crippen LogP contribution in [0.25, 0.3) is 10.8 Å². The van der Waals surface area contributed by atoms with Gasteiger partial charge in [0.2, 0.25) is 0 Å². The third kappa shape index (κ3) is 2.64. The molecular formula is C17H17F3O. The van der Waals surface area contributed by atoms with E-state index in [4.69, 9.17) is 0 Å². The molecule has 1 fully saturated rings. The second-order valence-corrected chi connectivity index (χ2v) is 5.87. The predicted octanol–water partition coefficient (Wildman–Crippen LogP) is 4.78. The largest absolute Gasteiger partial charge is 0.391 e. The van der Waals surface area contributed by atoms with Crippen molar-refractivity contribution in [2.45, 2.75) is 37.5 Å². The van der Waals surface area contributed by atoms with Crippen molar-refractivity contribution in [1.29, 1.82) is 0 Å². The third-order valence-electron chi connectivity index (χ3n) is 4.57. The van der Waals surface area contributed by atoms with Gasteiger partial charge in [0.1, 0.15) is 0 Å². The van der Waals surface area contributed by atoms with Crippen LogP contribution in [0.5, 0.6) is 0 Å². The summed E-state index contributed by atoms with van der Waals surface area (Å²) in [5, 5.41) is 12.8. The lowest BCUT2D eigenvalue weighted by atomic mass is 9.74. The molecule has 3 rings (SSSR count). The summed E-state index contributed by atoms with van der Waals surface area (Å²) in [6.07, 6.45) is -3.86. The zero-order valence-corrected chi connectivity index (χ0v) is 11.5. The first-order chi connectivity index (χ1) is 9.90. The first-order valence-corrected chi connectivity index (χ1v) is 7.17. The van der Waals surface area contributed by atoms with Crippen molar-refractivity contribution in [3.05, 3.63) is 48.0 Å². The van der Waals surface area contributed by atoms with E-state index in [1.54, 1.807) is 0 Å². The van der Waals surface area contributed by atoms with Crippen molar-refractivity contribution in [1.82, 2.24) is 0 Å². The first-order valence-electron chi connectivity index (χ1n) is 7.17. The van der Waals surface area contributed by atoms with Gasteiger partial charge in [-0.3, -0.25) is 0 Å². The molecule has 0 bridgehead atoms. The Labute approximate surface area is 121 Å². The molecular weight excluding hydrogens is 277 g/mol. The summed E-state index contributed by atoms with van der Waals surface area (Å²) in [5.41, 5.74) is -0.399. The number of aliphatic hydroxyl groups is 1. The number of alkyl halides is 3. The van der Waals surface area contributed by atoms with E-state index in [1.165, 1.54) is 0 Å². The second kappa shape index (κ2) is 5.02. The standard InChI is InChI=1S/C17H17F3O/c18-17(19,20)13-8-10-16(21,11-9-13)15-7-3-5-12-4-1-2-6-14(12)15/h1-7,13,21H,8-11H2. The van der Waals surface area contributed by atoms with Crippen molar-refractivity contribution in [3.8, 4) is 0 Å². The van der Waals surface area contributed by atoms with Crippen molar-refractivity contribution >= 4 is 10.8 Å². The van der Waals surface area contributed by atoms with E-state index in [2.05, 4.69) is 0 Å². The van der Waals surface area contributed by atoms with Gasteiger partial charge in [-0.05, 0) is 42.0 Å². The zero-order valence-electron chi connectivity index (χ0n) is 11.5. The third-order valence-corrected chi connectivity index (χ3v) is 4.57. The van der Waals surface area contributed by atoms with E-state index in [1.807, 2.05) is 42.5 Å². The van der Waals surface area contributed by atoms with Crippen LogP contribution in [0.4, 0.5) is 13.2 Å². The van der Waals surface area contributed by atoms with Crippen LogP contribution in [0.15, 0.2) is 42.5 Å². The Morgan fingerprint density at radius 1 is 0.952 bits per heavy atom. The SMILES string of the molecule is OC1(c2cccc3ccccc23)CCC(C(F)(F)F)CC1. The molecule has 0 heterocycles. The lowest BCUT2D eigenvalue weighted by Crippen LogP contribution is -2.36. The van der Waals surface area contributed by atoms with Gasteiger partial charge in [0.05, 0.1) is 11.5 Å². The Bertz CT molecular complexity index is 635. The van der Waals surface area contributed by atoms with E-state index in [0.717, 1.165) is 16.3 Å². The quantitative estimate of drug-likeness (QED) is 0.802. The minimum Gasteiger partial charge on any atom is -0.385 e. The highest BCUT2D eigenvalue weighted by molar-refractivity contribution is 5.86. The number of hydrogen-bond acceptors (Lipinski definition) is 1. The molecule has 1 N–H and O–H groups in total. The van der Waals surface area contributed by atoms with Crippen LogP contribution in [-0.4, -0.2) is 11.3 Å².